The Bertz CT molecular complexity index is 560. The quantitative estimate of drug-likeness (QED) is 0.912. The van der Waals surface area contributed by atoms with E-state index in [4.69, 9.17) is 0 Å². The molecule has 0 bridgehead atoms. The van der Waals surface area contributed by atoms with Crippen molar-refractivity contribution < 1.29 is 9.50 Å². The van der Waals surface area contributed by atoms with Crippen LogP contribution in [0.2, 0.25) is 0 Å². The molecule has 1 unspecified atom stereocenters. The van der Waals surface area contributed by atoms with Crippen molar-refractivity contribution in [3.63, 3.8) is 0 Å². The third-order valence-corrected chi connectivity index (χ3v) is 3.89. The van der Waals surface area contributed by atoms with Crippen molar-refractivity contribution in [1.29, 1.82) is 0 Å². The zero-order valence-electron chi connectivity index (χ0n) is 12.2. The number of aliphatic hydroxyl groups is 1. The highest BCUT2D eigenvalue weighted by atomic mass is 19.1. The third-order valence-electron chi connectivity index (χ3n) is 3.89. The van der Waals surface area contributed by atoms with Crippen LogP contribution in [-0.4, -0.2) is 21.0 Å². The van der Waals surface area contributed by atoms with Gasteiger partial charge in [-0.1, -0.05) is 26.0 Å². The molecule has 1 atom stereocenters. The van der Waals surface area contributed by atoms with Crippen LogP contribution in [0, 0.1) is 5.82 Å². The van der Waals surface area contributed by atoms with Crippen molar-refractivity contribution in [2.24, 2.45) is 7.05 Å². The number of aliphatic hydroxyl groups excluding tert-OH is 1. The summed E-state index contributed by atoms with van der Waals surface area (Å²) < 4.78 is 14.7. The minimum atomic E-state index is -0.492. The van der Waals surface area contributed by atoms with Gasteiger partial charge in [-0.25, -0.2) is 4.39 Å². The summed E-state index contributed by atoms with van der Waals surface area (Å²) in [6.07, 6.45) is 4.71. The zero-order chi connectivity index (χ0) is 14.8. The van der Waals surface area contributed by atoms with Crippen molar-refractivity contribution in [2.45, 2.75) is 38.2 Å². The lowest BCUT2D eigenvalue weighted by molar-refractivity contribution is 0.0915. The molecule has 1 aromatic carbocycles. The average Bonchev–Trinajstić information content (AvgIpc) is 2.82. The van der Waals surface area contributed by atoms with Gasteiger partial charge in [0.15, 0.2) is 0 Å². The predicted molar refractivity (Wildman–Crippen MR) is 77.0 cm³/mol. The largest absolute Gasteiger partial charge is 0.392 e. The normalized spacial score (nSPS) is 13.4. The summed E-state index contributed by atoms with van der Waals surface area (Å²) in [6, 6.07) is 6.35. The Morgan fingerprint density at radius 3 is 2.50 bits per heavy atom. The highest BCUT2D eigenvalue weighted by Gasteiger charge is 2.29. The third kappa shape index (κ3) is 3.25. The Morgan fingerprint density at radius 2 is 1.95 bits per heavy atom. The Hall–Kier alpha value is -1.68. The monoisotopic (exact) mass is 276 g/mol. The lowest BCUT2D eigenvalue weighted by Crippen LogP contribution is -2.34. The van der Waals surface area contributed by atoms with Gasteiger partial charge in [-0.2, -0.15) is 5.10 Å². The number of nitrogens with zero attached hydrogens (tertiary/aromatic N) is 2. The van der Waals surface area contributed by atoms with Crippen LogP contribution in [0.25, 0.3) is 0 Å². The summed E-state index contributed by atoms with van der Waals surface area (Å²) in [5, 5.41) is 14.6. The standard InChI is InChI=1S/C16H21FN2O/c1-16(2,13-5-7-14(17)8-6-13)15(20)9-4-12-10-18-19(3)11-12/h5-8,10-11,15,20H,4,9H2,1-3H3. The van der Waals surface area contributed by atoms with E-state index >= 15 is 0 Å². The van der Waals surface area contributed by atoms with Gasteiger partial charge in [-0.3, -0.25) is 4.68 Å². The van der Waals surface area contributed by atoms with Crippen molar-refractivity contribution in [3.8, 4) is 0 Å². The first-order chi connectivity index (χ1) is 9.39. The van der Waals surface area contributed by atoms with Crippen molar-refractivity contribution >= 4 is 0 Å². The Kier molecular flexibility index (Phi) is 4.23. The van der Waals surface area contributed by atoms with Gasteiger partial charge in [0.1, 0.15) is 5.82 Å². The van der Waals surface area contributed by atoms with Crippen molar-refractivity contribution in [1.82, 2.24) is 9.78 Å². The fourth-order valence-electron chi connectivity index (χ4n) is 2.34. The molecule has 2 rings (SSSR count). The van der Waals surface area contributed by atoms with E-state index in [1.807, 2.05) is 33.3 Å². The SMILES string of the molecule is Cn1cc(CCC(O)C(C)(C)c2ccc(F)cc2)cn1. The van der Waals surface area contributed by atoms with Gasteiger partial charge < -0.3 is 5.11 Å². The first-order valence-corrected chi connectivity index (χ1v) is 6.81. The number of hydrogen-bond donors (Lipinski definition) is 1. The summed E-state index contributed by atoms with van der Waals surface area (Å²) in [4.78, 5) is 0. The van der Waals surface area contributed by atoms with E-state index in [2.05, 4.69) is 5.10 Å². The molecule has 1 aromatic heterocycles. The molecule has 0 fully saturated rings. The molecule has 0 aliphatic heterocycles. The van der Waals surface area contributed by atoms with Gasteiger partial charge in [0.05, 0.1) is 12.3 Å². The van der Waals surface area contributed by atoms with Gasteiger partial charge in [0.25, 0.3) is 0 Å². The lowest BCUT2D eigenvalue weighted by atomic mass is 9.77. The number of aryl methyl sites for hydroxylation is 2. The fraction of sp³-hybridized carbons (Fsp3) is 0.438. The summed E-state index contributed by atoms with van der Waals surface area (Å²) in [5.41, 5.74) is 1.65. The van der Waals surface area contributed by atoms with Gasteiger partial charge >= 0.3 is 0 Å². The van der Waals surface area contributed by atoms with Gasteiger partial charge in [-0.05, 0) is 36.1 Å². The number of halogens is 1. The molecule has 108 valence electrons. The summed E-state index contributed by atoms with van der Waals surface area (Å²) >= 11 is 0. The predicted octanol–water partition coefficient (Wildman–Crippen LogP) is 2.83. The molecule has 1 heterocycles. The molecule has 0 radical (unpaired) electrons. The number of benzene rings is 1. The number of rotatable bonds is 5. The second-order valence-electron chi connectivity index (χ2n) is 5.81. The molecule has 20 heavy (non-hydrogen) atoms. The molecule has 3 nitrogen and oxygen atoms in total. The highest BCUT2D eigenvalue weighted by Crippen LogP contribution is 2.29. The van der Waals surface area contributed by atoms with E-state index in [1.54, 1.807) is 16.8 Å². The number of hydrogen-bond acceptors (Lipinski definition) is 2. The molecule has 0 aliphatic carbocycles. The highest BCUT2D eigenvalue weighted by molar-refractivity contribution is 5.25. The Labute approximate surface area is 119 Å². The maximum absolute atomic E-state index is 13.0. The van der Waals surface area contributed by atoms with E-state index in [0.29, 0.717) is 6.42 Å². The maximum Gasteiger partial charge on any atom is 0.123 e. The van der Waals surface area contributed by atoms with E-state index < -0.39 is 11.5 Å². The van der Waals surface area contributed by atoms with E-state index in [-0.39, 0.29) is 5.82 Å². The molecular weight excluding hydrogens is 255 g/mol. The van der Waals surface area contributed by atoms with Crippen LogP contribution in [0.3, 0.4) is 0 Å². The fourth-order valence-corrected chi connectivity index (χ4v) is 2.34. The van der Waals surface area contributed by atoms with Crippen LogP contribution in [0.15, 0.2) is 36.7 Å². The minimum Gasteiger partial charge on any atom is -0.392 e. The van der Waals surface area contributed by atoms with E-state index in [1.165, 1.54) is 12.1 Å². The van der Waals surface area contributed by atoms with Crippen molar-refractivity contribution in [3.05, 3.63) is 53.6 Å². The smallest absolute Gasteiger partial charge is 0.123 e. The van der Waals surface area contributed by atoms with Crippen LogP contribution in [-0.2, 0) is 18.9 Å². The van der Waals surface area contributed by atoms with Crippen LogP contribution >= 0.6 is 0 Å². The molecule has 0 aliphatic rings. The van der Waals surface area contributed by atoms with Gasteiger partial charge in [0.2, 0.25) is 0 Å². The van der Waals surface area contributed by atoms with Gasteiger partial charge in [0, 0.05) is 18.7 Å². The molecule has 1 N–H and O–H groups in total. The molecule has 0 spiro atoms. The van der Waals surface area contributed by atoms with Crippen LogP contribution in [0.1, 0.15) is 31.4 Å². The second kappa shape index (κ2) is 5.75. The second-order valence-corrected chi connectivity index (χ2v) is 5.81. The van der Waals surface area contributed by atoms with E-state index in [9.17, 15) is 9.50 Å². The first-order valence-electron chi connectivity index (χ1n) is 6.81. The summed E-state index contributed by atoms with van der Waals surface area (Å²) in [6.45, 7) is 3.96. The minimum absolute atomic E-state index is 0.255. The van der Waals surface area contributed by atoms with Crippen LogP contribution < -0.4 is 0 Å². The first kappa shape index (κ1) is 14.7. The molecule has 2 aromatic rings. The van der Waals surface area contributed by atoms with E-state index in [0.717, 1.165) is 17.5 Å². The topological polar surface area (TPSA) is 38.0 Å². The molecule has 0 saturated heterocycles. The number of aromatic nitrogens is 2. The zero-order valence-corrected chi connectivity index (χ0v) is 12.2. The van der Waals surface area contributed by atoms with Crippen molar-refractivity contribution in [2.75, 3.05) is 0 Å². The Balaban J connectivity index is 2.03. The molecule has 0 amide bonds. The van der Waals surface area contributed by atoms with Gasteiger partial charge in [-0.15, -0.1) is 0 Å². The lowest BCUT2D eigenvalue weighted by Gasteiger charge is -2.31. The molecule has 0 saturated carbocycles. The molecule has 4 heteroatoms. The molecular formula is C16H21FN2O. The van der Waals surface area contributed by atoms with Crippen LogP contribution in [0.4, 0.5) is 4.39 Å². The van der Waals surface area contributed by atoms with Crippen LogP contribution in [0.5, 0.6) is 0 Å². The average molecular weight is 276 g/mol. The Morgan fingerprint density at radius 1 is 1.30 bits per heavy atom. The summed E-state index contributed by atoms with van der Waals surface area (Å²) in [7, 11) is 1.88. The maximum atomic E-state index is 13.0. The summed E-state index contributed by atoms with van der Waals surface area (Å²) in [5.74, 6) is -0.255.